The second-order valence-corrected chi connectivity index (χ2v) is 8.37. The Morgan fingerprint density at radius 3 is 2.39 bits per heavy atom. The fourth-order valence-corrected chi connectivity index (χ4v) is 4.36. The van der Waals surface area contributed by atoms with E-state index in [-0.39, 0.29) is 23.8 Å². The number of nitrogens with zero attached hydrogens (tertiary/aromatic N) is 4. The maximum atomic E-state index is 12.9. The summed E-state index contributed by atoms with van der Waals surface area (Å²) in [6.45, 7) is 9.34. The summed E-state index contributed by atoms with van der Waals surface area (Å²) in [7, 11) is 1.55. The van der Waals surface area contributed by atoms with E-state index in [2.05, 4.69) is 5.16 Å². The van der Waals surface area contributed by atoms with Gasteiger partial charge in [0.05, 0.1) is 5.69 Å². The molecule has 0 aliphatic carbocycles. The zero-order chi connectivity index (χ0) is 20.6. The molecule has 0 saturated carbocycles. The molecule has 2 aliphatic heterocycles. The minimum atomic E-state index is -0.797. The van der Waals surface area contributed by atoms with Crippen LogP contribution in [-0.2, 0) is 16.0 Å². The van der Waals surface area contributed by atoms with Gasteiger partial charge in [0.2, 0.25) is 5.91 Å². The molecule has 3 heterocycles. The van der Waals surface area contributed by atoms with Gasteiger partial charge in [-0.1, -0.05) is 19.0 Å². The van der Waals surface area contributed by atoms with Crippen molar-refractivity contribution < 1.29 is 18.9 Å². The highest BCUT2D eigenvalue weighted by molar-refractivity contribution is 6.07. The predicted molar refractivity (Wildman–Crippen MR) is 103 cm³/mol. The molecule has 28 heavy (non-hydrogen) atoms. The minimum absolute atomic E-state index is 0.0652. The molecule has 1 aromatic rings. The summed E-state index contributed by atoms with van der Waals surface area (Å²) < 4.78 is 5.16. The van der Waals surface area contributed by atoms with Crippen LogP contribution in [0.2, 0.25) is 0 Å². The lowest BCUT2D eigenvalue weighted by Gasteiger charge is -2.42. The van der Waals surface area contributed by atoms with Crippen LogP contribution in [0.4, 0.5) is 4.79 Å². The van der Waals surface area contributed by atoms with E-state index in [1.807, 2.05) is 32.6 Å². The van der Waals surface area contributed by atoms with Gasteiger partial charge < -0.3 is 14.3 Å². The minimum Gasteiger partial charge on any atom is -0.361 e. The normalized spacial score (nSPS) is 19.4. The third kappa shape index (κ3) is 3.40. The number of hydrogen-bond acceptors (Lipinski definition) is 5. The first-order chi connectivity index (χ1) is 13.2. The number of aryl methyl sites for hydroxylation is 2. The van der Waals surface area contributed by atoms with Gasteiger partial charge in [-0.2, -0.15) is 0 Å². The molecule has 2 fully saturated rings. The Kier molecular flexibility index (Phi) is 5.50. The SMILES string of the molecule is Cc1noc(C)c1CCC(=O)N1CCC2(CC1)C(=O)N(C)C(=O)N2CC(C)C. The number of carbonyl (C=O) groups excluding carboxylic acids is 3. The lowest BCUT2D eigenvalue weighted by Crippen LogP contribution is -2.58. The number of aromatic nitrogens is 1. The summed E-state index contributed by atoms with van der Waals surface area (Å²) in [5, 5.41) is 3.93. The topological polar surface area (TPSA) is 87.0 Å². The van der Waals surface area contributed by atoms with Crippen molar-refractivity contribution >= 4 is 17.8 Å². The number of hydrogen-bond donors (Lipinski definition) is 0. The van der Waals surface area contributed by atoms with Crippen LogP contribution in [0, 0.1) is 19.8 Å². The van der Waals surface area contributed by atoms with Gasteiger partial charge >= 0.3 is 6.03 Å². The molecule has 4 amide bonds. The smallest absolute Gasteiger partial charge is 0.327 e. The van der Waals surface area contributed by atoms with Gasteiger partial charge in [0, 0.05) is 38.7 Å². The number of rotatable bonds is 5. The molecule has 154 valence electrons. The standard InChI is InChI=1S/C20H30N4O4/c1-13(2)12-24-19(27)22(5)18(26)20(24)8-10-23(11-9-20)17(25)7-6-16-14(3)21-28-15(16)4/h13H,6-12H2,1-5H3. The van der Waals surface area contributed by atoms with Gasteiger partial charge in [-0.05, 0) is 39.0 Å². The van der Waals surface area contributed by atoms with E-state index in [0.29, 0.717) is 45.3 Å². The summed E-state index contributed by atoms with van der Waals surface area (Å²) in [4.78, 5) is 42.9. The molecule has 0 aromatic carbocycles. The number of likely N-dealkylation sites (tertiary alicyclic amines) is 1. The van der Waals surface area contributed by atoms with Crippen LogP contribution < -0.4 is 0 Å². The summed E-state index contributed by atoms with van der Waals surface area (Å²) in [6.07, 6.45) is 1.97. The van der Waals surface area contributed by atoms with Crippen LogP contribution in [0.5, 0.6) is 0 Å². The quantitative estimate of drug-likeness (QED) is 0.719. The van der Waals surface area contributed by atoms with Gasteiger partial charge in [-0.15, -0.1) is 0 Å². The molecular weight excluding hydrogens is 360 g/mol. The van der Waals surface area contributed by atoms with Crippen molar-refractivity contribution in [3.05, 3.63) is 17.0 Å². The fourth-order valence-electron chi connectivity index (χ4n) is 4.36. The van der Waals surface area contributed by atoms with Gasteiger partial charge in [0.1, 0.15) is 11.3 Å². The van der Waals surface area contributed by atoms with Crippen molar-refractivity contribution in [1.82, 2.24) is 19.9 Å². The highest BCUT2D eigenvalue weighted by Gasteiger charge is 2.57. The number of imide groups is 1. The van der Waals surface area contributed by atoms with Crippen molar-refractivity contribution in [2.75, 3.05) is 26.7 Å². The van der Waals surface area contributed by atoms with Crippen LogP contribution in [0.1, 0.15) is 50.1 Å². The van der Waals surface area contributed by atoms with E-state index in [9.17, 15) is 14.4 Å². The lowest BCUT2D eigenvalue weighted by molar-refractivity contribution is -0.140. The van der Waals surface area contributed by atoms with Gasteiger partial charge in [-0.3, -0.25) is 14.5 Å². The highest BCUT2D eigenvalue weighted by atomic mass is 16.5. The van der Waals surface area contributed by atoms with Crippen LogP contribution in [-0.4, -0.2) is 69.9 Å². The second-order valence-electron chi connectivity index (χ2n) is 8.37. The number of urea groups is 1. The molecule has 2 saturated heterocycles. The van der Waals surface area contributed by atoms with Crippen LogP contribution in [0.3, 0.4) is 0 Å². The first kappa shape index (κ1) is 20.4. The average molecular weight is 390 g/mol. The van der Waals surface area contributed by atoms with Crippen molar-refractivity contribution in [3.8, 4) is 0 Å². The Bertz CT molecular complexity index is 758. The molecular formula is C20H30N4O4. The summed E-state index contributed by atoms with van der Waals surface area (Å²) in [5.74, 6) is 0.955. The molecule has 0 bridgehead atoms. The van der Waals surface area contributed by atoms with Crippen molar-refractivity contribution in [1.29, 1.82) is 0 Å². The van der Waals surface area contributed by atoms with E-state index < -0.39 is 5.54 Å². The summed E-state index contributed by atoms with van der Waals surface area (Å²) >= 11 is 0. The van der Waals surface area contributed by atoms with E-state index >= 15 is 0 Å². The summed E-state index contributed by atoms with van der Waals surface area (Å²) in [6, 6.07) is -0.225. The summed E-state index contributed by atoms with van der Waals surface area (Å²) in [5.41, 5.74) is 1.02. The zero-order valence-corrected chi connectivity index (χ0v) is 17.4. The molecule has 0 radical (unpaired) electrons. The first-order valence-corrected chi connectivity index (χ1v) is 9.96. The van der Waals surface area contributed by atoms with E-state index in [1.54, 1.807) is 11.9 Å². The van der Waals surface area contributed by atoms with E-state index in [0.717, 1.165) is 17.0 Å². The van der Waals surface area contributed by atoms with Gasteiger partial charge in [0.25, 0.3) is 5.91 Å². The van der Waals surface area contributed by atoms with Crippen molar-refractivity contribution in [2.45, 2.75) is 58.9 Å². The zero-order valence-electron chi connectivity index (χ0n) is 17.4. The Labute approximate surface area is 165 Å². The van der Waals surface area contributed by atoms with Crippen LogP contribution >= 0.6 is 0 Å². The van der Waals surface area contributed by atoms with Crippen LogP contribution in [0.25, 0.3) is 0 Å². The second kappa shape index (κ2) is 7.56. The highest BCUT2D eigenvalue weighted by Crippen LogP contribution is 2.37. The molecule has 2 aliphatic rings. The molecule has 1 spiro atoms. The van der Waals surface area contributed by atoms with Crippen molar-refractivity contribution in [3.63, 3.8) is 0 Å². The van der Waals surface area contributed by atoms with Gasteiger partial charge in [0.15, 0.2) is 0 Å². The number of piperidine rings is 1. The lowest BCUT2D eigenvalue weighted by atomic mass is 9.85. The molecule has 8 heteroatoms. The number of likely N-dealkylation sites (N-methyl/N-ethyl adjacent to an activating group) is 1. The third-order valence-corrected chi connectivity index (χ3v) is 6.00. The predicted octanol–water partition coefficient (Wildman–Crippen LogP) is 2.14. The molecule has 0 N–H and O–H groups in total. The Hall–Kier alpha value is -2.38. The maximum absolute atomic E-state index is 12.9. The monoisotopic (exact) mass is 390 g/mol. The molecule has 0 unspecified atom stereocenters. The number of carbonyl (C=O) groups is 3. The third-order valence-electron chi connectivity index (χ3n) is 6.00. The Balaban J connectivity index is 1.64. The van der Waals surface area contributed by atoms with E-state index in [4.69, 9.17) is 4.52 Å². The molecule has 3 rings (SSSR count). The largest absolute Gasteiger partial charge is 0.361 e. The fraction of sp³-hybridized carbons (Fsp3) is 0.700. The maximum Gasteiger partial charge on any atom is 0.327 e. The van der Waals surface area contributed by atoms with Gasteiger partial charge in [-0.25, -0.2) is 4.79 Å². The molecule has 1 aromatic heterocycles. The van der Waals surface area contributed by atoms with Crippen LogP contribution in [0.15, 0.2) is 4.52 Å². The molecule has 8 nitrogen and oxygen atoms in total. The molecule has 0 atom stereocenters. The Morgan fingerprint density at radius 1 is 1.21 bits per heavy atom. The number of amides is 4. The van der Waals surface area contributed by atoms with Crippen molar-refractivity contribution in [2.24, 2.45) is 5.92 Å². The first-order valence-electron chi connectivity index (χ1n) is 9.96. The average Bonchev–Trinajstić information content (AvgIpc) is 3.06. The van der Waals surface area contributed by atoms with E-state index in [1.165, 1.54) is 4.90 Å². The Morgan fingerprint density at radius 2 is 1.86 bits per heavy atom.